The molecule has 0 saturated heterocycles. The summed E-state index contributed by atoms with van der Waals surface area (Å²) >= 11 is 5.82. The molecule has 6 heteroatoms. The summed E-state index contributed by atoms with van der Waals surface area (Å²) < 4.78 is 5.10. The molecule has 1 amide bonds. The van der Waals surface area contributed by atoms with E-state index in [1.165, 1.54) is 6.08 Å². The summed E-state index contributed by atoms with van der Waals surface area (Å²) in [4.78, 5) is 24.1. The van der Waals surface area contributed by atoms with Gasteiger partial charge in [-0.3, -0.25) is 4.79 Å². The first-order chi connectivity index (χ1) is 12.4. The summed E-state index contributed by atoms with van der Waals surface area (Å²) in [6, 6.07) is 14.9. The summed E-state index contributed by atoms with van der Waals surface area (Å²) in [5, 5.41) is 12.4. The Kier molecular flexibility index (Phi) is 6.54. The summed E-state index contributed by atoms with van der Waals surface area (Å²) in [5.41, 5.74) is 1.49. The van der Waals surface area contributed by atoms with Crippen molar-refractivity contribution < 1.29 is 14.3 Å². The van der Waals surface area contributed by atoms with Gasteiger partial charge in [-0.25, -0.2) is 4.79 Å². The molecule has 0 saturated carbocycles. The molecule has 0 fully saturated rings. The lowest BCUT2D eigenvalue weighted by molar-refractivity contribution is -0.112. The number of rotatable bonds is 5. The van der Waals surface area contributed by atoms with Gasteiger partial charge in [0.1, 0.15) is 11.6 Å². The quantitative estimate of drug-likeness (QED) is 0.480. The Morgan fingerprint density at radius 3 is 2.27 bits per heavy atom. The van der Waals surface area contributed by atoms with Crippen LogP contribution in [0.4, 0.5) is 5.69 Å². The molecular weight excluding hydrogens is 352 g/mol. The highest BCUT2D eigenvalue weighted by molar-refractivity contribution is 6.30. The lowest BCUT2D eigenvalue weighted by Crippen LogP contribution is -2.14. The number of nitrogens with zero attached hydrogens (tertiary/aromatic N) is 1. The summed E-state index contributed by atoms with van der Waals surface area (Å²) in [6.07, 6.45) is 1.26. The summed E-state index contributed by atoms with van der Waals surface area (Å²) in [5.74, 6) is -0.974. The average molecular weight is 369 g/mol. The molecule has 0 aliphatic rings. The van der Waals surface area contributed by atoms with Crippen molar-refractivity contribution in [2.24, 2.45) is 0 Å². The molecule has 0 heterocycles. The van der Waals surface area contributed by atoms with Gasteiger partial charge in [0.05, 0.1) is 11.7 Å². The predicted molar refractivity (Wildman–Crippen MR) is 101 cm³/mol. The second kappa shape index (κ2) is 8.84. The number of amides is 1. The van der Waals surface area contributed by atoms with E-state index in [9.17, 15) is 14.9 Å². The SMILES string of the molecule is CC(C)OC(=O)c1ccc(NC(=O)/C(C#N)=C/c2ccc(Cl)cc2)cc1. The number of carbonyl (C=O) groups is 2. The molecule has 2 rings (SSSR count). The van der Waals surface area contributed by atoms with Crippen molar-refractivity contribution >= 4 is 35.2 Å². The Balaban J connectivity index is 2.09. The first-order valence-corrected chi connectivity index (χ1v) is 8.26. The number of nitrogens with one attached hydrogen (secondary N) is 1. The van der Waals surface area contributed by atoms with Gasteiger partial charge in [-0.2, -0.15) is 5.26 Å². The number of carbonyl (C=O) groups excluding carboxylic acids is 2. The van der Waals surface area contributed by atoms with Gasteiger partial charge >= 0.3 is 5.97 Å². The molecule has 2 aromatic rings. The zero-order chi connectivity index (χ0) is 19.1. The normalized spacial score (nSPS) is 11.0. The second-order valence-electron chi connectivity index (χ2n) is 5.71. The fraction of sp³-hybridized carbons (Fsp3) is 0.150. The molecule has 0 spiro atoms. The molecule has 0 unspecified atom stereocenters. The number of hydrogen-bond acceptors (Lipinski definition) is 4. The Labute approximate surface area is 156 Å². The van der Waals surface area contributed by atoms with E-state index in [2.05, 4.69) is 5.32 Å². The monoisotopic (exact) mass is 368 g/mol. The number of halogens is 1. The topological polar surface area (TPSA) is 79.2 Å². The van der Waals surface area contributed by atoms with Crippen LogP contribution < -0.4 is 5.32 Å². The highest BCUT2D eigenvalue weighted by atomic mass is 35.5. The van der Waals surface area contributed by atoms with E-state index in [4.69, 9.17) is 16.3 Å². The Morgan fingerprint density at radius 2 is 1.73 bits per heavy atom. The van der Waals surface area contributed by atoms with E-state index in [-0.39, 0.29) is 11.7 Å². The fourth-order valence-corrected chi connectivity index (χ4v) is 2.17. The van der Waals surface area contributed by atoms with Crippen LogP contribution >= 0.6 is 11.6 Å². The third-order valence-electron chi connectivity index (χ3n) is 3.27. The zero-order valence-electron chi connectivity index (χ0n) is 14.3. The van der Waals surface area contributed by atoms with E-state index in [1.807, 2.05) is 6.07 Å². The highest BCUT2D eigenvalue weighted by Gasteiger charge is 2.12. The van der Waals surface area contributed by atoms with Gasteiger partial charge in [-0.15, -0.1) is 0 Å². The molecule has 0 aliphatic carbocycles. The van der Waals surface area contributed by atoms with Crippen LogP contribution in [0.15, 0.2) is 54.1 Å². The van der Waals surface area contributed by atoms with Crippen molar-refractivity contribution in [3.05, 3.63) is 70.3 Å². The van der Waals surface area contributed by atoms with Crippen LogP contribution in [0.25, 0.3) is 6.08 Å². The van der Waals surface area contributed by atoms with E-state index in [0.29, 0.717) is 21.8 Å². The molecule has 0 aromatic heterocycles. The van der Waals surface area contributed by atoms with Crippen molar-refractivity contribution in [2.75, 3.05) is 5.32 Å². The van der Waals surface area contributed by atoms with Crippen molar-refractivity contribution in [1.29, 1.82) is 5.26 Å². The largest absolute Gasteiger partial charge is 0.459 e. The van der Waals surface area contributed by atoms with Crippen molar-refractivity contribution in [2.45, 2.75) is 20.0 Å². The minimum absolute atomic E-state index is 0.0457. The van der Waals surface area contributed by atoms with Gasteiger partial charge in [0.15, 0.2) is 0 Å². The van der Waals surface area contributed by atoms with Crippen LogP contribution in [0, 0.1) is 11.3 Å². The number of benzene rings is 2. The van der Waals surface area contributed by atoms with Gasteiger partial charge < -0.3 is 10.1 Å². The maximum absolute atomic E-state index is 12.3. The second-order valence-corrected chi connectivity index (χ2v) is 6.14. The van der Waals surface area contributed by atoms with E-state index >= 15 is 0 Å². The summed E-state index contributed by atoms with van der Waals surface area (Å²) in [6.45, 7) is 3.53. The number of hydrogen-bond donors (Lipinski definition) is 1. The van der Waals surface area contributed by atoms with Crippen LogP contribution in [0.3, 0.4) is 0 Å². The average Bonchev–Trinajstić information content (AvgIpc) is 2.61. The molecule has 0 bridgehead atoms. The summed E-state index contributed by atoms with van der Waals surface area (Å²) in [7, 11) is 0. The maximum Gasteiger partial charge on any atom is 0.338 e. The van der Waals surface area contributed by atoms with Crippen molar-refractivity contribution in [3.8, 4) is 6.07 Å². The Morgan fingerprint density at radius 1 is 1.12 bits per heavy atom. The predicted octanol–water partition coefficient (Wildman–Crippen LogP) is 4.45. The van der Waals surface area contributed by atoms with E-state index in [1.54, 1.807) is 62.4 Å². The first kappa shape index (κ1) is 19.2. The molecular formula is C20H17ClN2O3. The van der Waals surface area contributed by atoms with Crippen LogP contribution in [0.1, 0.15) is 29.8 Å². The third kappa shape index (κ3) is 5.47. The van der Waals surface area contributed by atoms with Gasteiger partial charge in [0.2, 0.25) is 0 Å². The number of anilines is 1. The van der Waals surface area contributed by atoms with Crippen LogP contribution in [-0.2, 0) is 9.53 Å². The van der Waals surface area contributed by atoms with Crippen molar-refractivity contribution in [3.63, 3.8) is 0 Å². The Bertz CT molecular complexity index is 863. The van der Waals surface area contributed by atoms with Gasteiger partial charge in [-0.05, 0) is 61.9 Å². The van der Waals surface area contributed by atoms with Crippen LogP contribution in [0.2, 0.25) is 5.02 Å². The minimum atomic E-state index is -0.542. The third-order valence-corrected chi connectivity index (χ3v) is 3.52. The Hall–Kier alpha value is -3.10. The smallest absolute Gasteiger partial charge is 0.338 e. The van der Waals surface area contributed by atoms with E-state index < -0.39 is 11.9 Å². The molecule has 5 nitrogen and oxygen atoms in total. The van der Waals surface area contributed by atoms with Gasteiger partial charge in [-0.1, -0.05) is 23.7 Å². The van der Waals surface area contributed by atoms with Crippen LogP contribution in [-0.4, -0.2) is 18.0 Å². The lowest BCUT2D eigenvalue weighted by atomic mass is 10.1. The first-order valence-electron chi connectivity index (χ1n) is 7.89. The van der Waals surface area contributed by atoms with Gasteiger partial charge in [0, 0.05) is 10.7 Å². The highest BCUT2D eigenvalue weighted by Crippen LogP contribution is 2.15. The van der Waals surface area contributed by atoms with Crippen LogP contribution in [0.5, 0.6) is 0 Å². The van der Waals surface area contributed by atoms with Gasteiger partial charge in [0.25, 0.3) is 5.91 Å². The van der Waals surface area contributed by atoms with Crippen molar-refractivity contribution in [1.82, 2.24) is 0 Å². The number of esters is 1. The minimum Gasteiger partial charge on any atom is -0.459 e. The molecule has 132 valence electrons. The molecule has 2 aromatic carbocycles. The molecule has 26 heavy (non-hydrogen) atoms. The maximum atomic E-state index is 12.3. The number of nitriles is 1. The lowest BCUT2D eigenvalue weighted by Gasteiger charge is -2.09. The molecule has 0 radical (unpaired) electrons. The fourth-order valence-electron chi connectivity index (χ4n) is 2.04. The zero-order valence-corrected chi connectivity index (χ0v) is 15.1. The molecule has 0 atom stereocenters. The molecule has 0 aliphatic heterocycles. The standard InChI is InChI=1S/C20H17ClN2O3/c1-13(2)26-20(25)15-5-9-18(10-6-15)23-19(24)16(12-22)11-14-3-7-17(21)8-4-14/h3-11,13H,1-2H3,(H,23,24)/b16-11+. The number of ether oxygens (including phenoxy) is 1. The molecule has 1 N–H and O–H groups in total. The van der Waals surface area contributed by atoms with E-state index in [0.717, 1.165) is 0 Å².